The molecule has 3 aromatic carbocycles. The van der Waals surface area contributed by atoms with Crippen molar-refractivity contribution in [3.63, 3.8) is 0 Å². The van der Waals surface area contributed by atoms with E-state index in [1.807, 2.05) is 105 Å². The largest absolute Gasteiger partial charge is 0.444 e. The van der Waals surface area contributed by atoms with E-state index in [1.165, 1.54) is 0 Å². The van der Waals surface area contributed by atoms with Crippen LogP contribution in [0.1, 0.15) is 30.5 Å². The molecule has 0 heterocycles. The Hall–Kier alpha value is -2.87. The molecular weight excluding hydrogens is 308 g/mol. The van der Waals surface area contributed by atoms with Crippen molar-refractivity contribution in [2.75, 3.05) is 0 Å². The highest BCUT2D eigenvalue weighted by Gasteiger charge is 2.40. The summed E-state index contributed by atoms with van der Waals surface area (Å²) in [4.78, 5) is 12.7. The first-order valence-electron chi connectivity index (χ1n) is 8.54. The second-order valence-electron chi connectivity index (χ2n) is 6.36. The Morgan fingerprint density at radius 2 is 1.00 bits per heavy atom. The number of ether oxygens (including phenoxy) is 1. The first-order chi connectivity index (χ1) is 12.1. The third-order valence-electron chi connectivity index (χ3n) is 4.27. The summed E-state index contributed by atoms with van der Waals surface area (Å²) in [5, 5.41) is 0. The van der Waals surface area contributed by atoms with Crippen LogP contribution in [0.2, 0.25) is 0 Å². The summed E-state index contributed by atoms with van der Waals surface area (Å²) in [5.41, 5.74) is 1.83. The van der Waals surface area contributed by atoms with E-state index >= 15 is 0 Å². The number of carbonyl (C=O) groups is 1. The maximum absolute atomic E-state index is 12.7. The van der Waals surface area contributed by atoms with Crippen molar-refractivity contribution >= 4 is 5.97 Å². The van der Waals surface area contributed by atoms with Crippen molar-refractivity contribution in [3.8, 4) is 0 Å². The molecule has 0 N–H and O–H groups in total. The van der Waals surface area contributed by atoms with E-state index in [9.17, 15) is 4.79 Å². The van der Waals surface area contributed by atoms with Crippen LogP contribution in [0.25, 0.3) is 0 Å². The molecule has 126 valence electrons. The molecule has 2 nitrogen and oxygen atoms in total. The molecule has 0 aliphatic rings. The third kappa shape index (κ3) is 3.34. The van der Waals surface area contributed by atoms with Crippen molar-refractivity contribution < 1.29 is 9.53 Å². The maximum atomic E-state index is 12.7. The molecule has 0 fully saturated rings. The second-order valence-corrected chi connectivity index (χ2v) is 6.36. The third-order valence-corrected chi connectivity index (χ3v) is 4.27. The van der Waals surface area contributed by atoms with Gasteiger partial charge in [0.25, 0.3) is 0 Å². The lowest BCUT2D eigenvalue weighted by molar-refractivity contribution is -0.157. The van der Waals surface area contributed by atoms with Crippen LogP contribution < -0.4 is 0 Å². The molecule has 0 aromatic heterocycles. The van der Waals surface area contributed by atoms with Crippen molar-refractivity contribution in [3.05, 3.63) is 108 Å². The fourth-order valence-corrected chi connectivity index (χ4v) is 2.96. The summed E-state index contributed by atoms with van der Waals surface area (Å²) >= 11 is 0. The summed E-state index contributed by atoms with van der Waals surface area (Å²) in [7, 11) is 0. The Bertz CT molecular complexity index is 712. The van der Waals surface area contributed by atoms with Gasteiger partial charge in [-0.3, -0.25) is 4.79 Å². The monoisotopic (exact) mass is 330 g/mol. The van der Waals surface area contributed by atoms with E-state index in [0.29, 0.717) is 0 Å². The minimum Gasteiger partial charge on any atom is -0.444 e. The van der Waals surface area contributed by atoms with Gasteiger partial charge >= 0.3 is 5.97 Å². The summed E-state index contributed by atoms with van der Waals surface area (Å²) in [6.45, 7) is 3.71. The minimum atomic E-state index is -0.967. The van der Waals surface area contributed by atoms with E-state index in [-0.39, 0.29) is 11.9 Å². The second kappa shape index (κ2) is 7.35. The van der Waals surface area contributed by atoms with Gasteiger partial charge in [-0.05, 0) is 0 Å². The summed E-state index contributed by atoms with van der Waals surface area (Å²) in [6.07, 6.45) is 0. The van der Waals surface area contributed by atoms with Gasteiger partial charge in [-0.25, -0.2) is 0 Å². The van der Waals surface area contributed by atoms with E-state index in [2.05, 4.69) is 0 Å². The molecule has 3 aromatic rings. The number of rotatable bonds is 5. The molecule has 0 aliphatic heterocycles. The number of hydrogen-bond acceptors (Lipinski definition) is 2. The number of esters is 1. The summed E-state index contributed by atoms with van der Waals surface area (Å²) < 4.78 is 6.22. The van der Waals surface area contributed by atoms with Crippen LogP contribution in [-0.4, -0.2) is 5.97 Å². The van der Waals surface area contributed by atoms with Crippen molar-refractivity contribution in [1.29, 1.82) is 0 Å². The van der Waals surface area contributed by atoms with Crippen molar-refractivity contribution in [2.24, 2.45) is 5.92 Å². The lowest BCUT2D eigenvalue weighted by Gasteiger charge is -2.35. The van der Waals surface area contributed by atoms with E-state index in [1.54, 1.807) is 0 Å². The molecule has 0 unspecified atom stereocenters. The molecule has 0 amide bonds. The molecule has 3 rings (SSSR count). The lowest BCUT2D eigenvalue weighted by Crippen LogP contribution is -2.36. The molecular formula is C23H22O2. The Morgan fingerprint density at radius 3 is 1.28 bits per heavy atom. The Balaban J connectivity index is 2.29. The van der Waals surface area contributed by atoms with Gasteiger partial charge in [0.05, 0.1) is 5.92 Å². The minimum absolute atomic E-state index is 0.212. The SMILES string of the molecule is CC(C)C(=O)OC(c1ccccc1)(c1ccccc1)c1ccccc1. The zero-order valence-corrected chi connectivity index (χ0v) is 14.6. The van der Waals surface area contributed by atoms with Crippen LogP contribution in [-0.2, 0) is 15.1 Å². The standard InChI is InChI=1S/C23H22O2/c1-18(2)22(24)25-23(19-12-6-3-7-13-19,20-14-8-4-9-15-20)21-16-10-5-11-17-21/h3-18H,1-2H3. The van der Waals surface area contributed by atoms with Gasteiger partial charge in [-0.2, -0.15) is 0 Å². The van der Waals surface area contributed by atoms with Crippen LogP contribution in [0.4, 0.5) is 0 Å². The lowest BCUT2D eigenvalue weighted by atomic mass is 9.80. The fourth-order valence-electron chi connectivity index (χ4n) is 2.96. The van der Waals surface area contributed by atoms with Gasteiger partial charge < -0.3 is 4.74 Å². The fraction of sp³-hybridized carbons (Fsp3) is 0.174. The molecule has 0 aliphatic carbocycles. The smallest absolute Gasteiger partial charge is 0.309 e. The molecule has 0 saturated heterocycles. The predicted octanol–water partition coefficient (Wildman–Crippen LogP) is 5.18. The Kier molecular flexibility index (Phi) is 4.99. The van der Waals surface area contributed by atoms with Gasteiger partial charge in [-0.15, -0.1) is 0 Å². The Morgan fingerprint density at radius 1 is 0.680 bits per heavy atom. The highest BCUT2D eigenvalue weighted by atomic mass is 16.6. The average molecular weight is 330 g/mol. The topological polar surface area (TPSA) is 26.3 Å². The number of carbonyl (C=O) groups excluding carboxylic acids is 1. The van der Waals surface area contributed by atoms with Crippen LogP contribution in [0.15, 0.2) is 91.0 Å². The first kappa shape index (κ1) is 17.0. The van der Waals surface area contributed by atoms with Crippen molar-refractivity contribution in [2.45, 2.75) is 19.4 Å². The van der Waals surface area contributed by atoms with E-state index in [0.717, 1.165) is 16.7 Å². The highest BCUT2D eigenvalue weighted by molar-refractivity contribution is 5.73. The van der Waals surface area contributed by atoms with Crippen LogP contribution in [0, 0.1) is 5.92 Å². The van der Waals surface area contributed by atoms with Gasteiger partial charge in [0.15, 0.2) is 5.60 Å². The number of hydrogen-bond donors (Lipinski definition) is 0. The van der Waals surface area contributed by atoms with Gasteiger partial charge in [0.1, 0.15) is 0 Å². The average Bonchev–Trinajstić information content (AvgIpc) is 2.68. The normalized spacial score (nSPS) is 11.3. The zero-order valence-electron chi connectivity index (χ0n) is 14.6. The summed E-state index contributed by atoms with van der Waals surface area (Å²) in [6, 6.07) is 29.8. The van der Waals surface area contributed by atoms with Gasteiger partial charge in [-0.1, -0.05) is 105 Å². The molecule has 2 heteroatoms. The van der Waals surface area contributed by atoms with Gasteiger partial charge in [0.2, 0.25) is 0 Å². The molecule has 0 atom stereocenters. The molecule has 25 heavy (non-hydrogen) atoms. The zero-order chi connectivity index (χ0) is 17.7. The molecule has 0 spiro atoms. The summed E-state index contributed by atoms with van der Waals surface area (Å²) in [5.74, 6) is -0.438. The first-order valence-corrected chi connectivity index (χ1v) is 8.54. The van der Waals surface area contributed by atoms with Crippen LogP contribution >= 0.6 is 0 Å². The predicted molar refractivity (Wildman–Crippen MR) is 100 cm³/mol. The van der Waals surface area contributed by atoms with Crippen LogP contribution in [0.5, 0.6) is 0 Å². The Labute approximate surface area is 149 Å². The van der Waals surface area contributed by atoms with Crippen molar-refractivity contribution in [1.82, 2.24) is 0 Å². The quantitative estimate of drug-likeness (QED) is 0.476. The number of benzene rings is 3. The molecule has 0 bridgehead atoms. The van der Waals surface area contributed by atoms with E-state index < -0.39 is 5.60 Å². The highest BCUT2D eigenvalue weighted by Crippen LogP contribution is 2.40. The molecule has 0 saturated carbocycles. The van der Waals surface area contributed by atoms with E-state index in [4.69, 9.17) is 4.74 Å². The van der Waals surface area contributed by atoms with Crippen LogP contribution in [0.3, 0.4) is 0 Å². The molecule has 0 radical (unpaired) electrons. The maximum Gasteiger partial charge on any atom is 0.309 e. The van der Waals surface area contributed by atoms with Gasteiger partial charge in [0, 0.05) is 16.7 Å².